The van der Waals surface area contributed by atoms with Gasteiger partial charge in [0.25, 0.3) is 0 Å². The summed E-state index contributed by atoms with van der Waals surface area (Å²) in [7, 11) is 1.51. The van der Waals surface area contributed by atoms with Crippen LogP contribution in [0.1, 0.15) is 125 Å². The lowest BCUT2D eigenvalue weighted by molar-refractivity contribution is -0.140. The van der Waals surface area contributed by atoms with Crippen LogP contribution in [0.5, 0.6) is 0 Å². The van der Waals surface area contributed by atoms with E-state index in [4.69, 9.17) is 4.74 Å². The molecule has 2 heteroatoms. The zero-order valence-electron chi connectivity index (χ0n) is 21.4. The third-order valence-electron chi connectivity index (χ3n) is 9.94. The largest absolute Gasteiger partial charge is 0.469 e. The van der Waals surface area contributed by atoms with Crippen molar-refractivity contribution in [3.63, 3.8) is 0 Å². The summed E-state index contributed by atoms with van der Waals surface area (Å²) in [6.45, 7) is 13.3. The van der Waals surface area contributed by atoms with Crippen molar-refractivity contribution in [1.29, 1.82) is 0 Å². The highest BCUT2D eigenvalue weighted by atomic mass is 16.5. The predicted octanol–water partition coefficient (Wildman–Crippen LogP) is 8.43. The van der Waals surface area contributed by atoms with Crippen molar-refractivity contribution < 1.29 is 9.53 Å². The van der Waals surface area contributed by atoms with Crippen molar-refractivity contribution in [3.05, 3.63) is 0 Å². The van der Waals surface area contributed by atoms with Crippen LogP contribution in [0.3, 0.4) is 0 Å². The summed E-state index contributed by atoms with van der Waals surface area (Å²) in [6.07, 6.45) is 17.7. The van der Waals surface area contributed by atoms with Gasteiger partial charge in [0.2, 0.25) is 0 Å². The number of ether oxygens (including phenoxy) is 1. The molecule has 4 rings (SSSR count). The van der Waals surface area contributed by atoms with Crippen molar-refractivity contribution >= 4 is 5.97 Å². The van der Waals surface area contributed by atoms with Crippen molar-refractivity contribution in [3.8, 4) is 0 Å². The minimum atomic E-state index is -0.0306. The molecule has 0 spiro atoms. The molecule has 0 heterocycles. The molecule has 0 amide bonds. The number of fused-ring (bicyclic) bond motifs is 5. The summed E-state index contributed by atoms with van der Waals surface area (Å²) in [5.41, 5.74) is 1.21. The van der Waals surface area contributed by atoms with Crippen LogP contribution in [-0.4, -0.2) is 13.1 Å². The van der Waals surface area contributed by atoms with Crippen molar-refractivity contribution in [2.45, 2.75) is 125 Å². The monoisotopic (exact) mass is 420 g/mol. The van der Waals surface area contributed by atoms with Crippen molar-refractivity contribution in [1.82, 2.24) is 0 Å². The van der Waals surface area contributed by atoms with Crippen molar-refractivity contribution in [2.75, 3.05) is 7.11 Å². The van der Waals surface area contributed by atoms with E-state index < -0.39 is 0 Å². The van der Waals surface area contributed by atoms with Crippen LogP contribution in [0, 0.1) is 40.4 Å². The highest BCUT2D eigenvalue weighted by Gasteiger charge is 2.59. The van der Waals surface area contributed by atoms with E-state index in [0.29, 0.717) is 17.3 Å². The predicted molar refractivity (Wildman–Crippen MR) is 128 cm³/mol. The van der Waals surface area contributed by atoms with Crippen LogP contribution in [-0.2, 0) is 9.53 Å². The molecule has 4 aliphatic carbocycles. The van der Waals surface area contributed by atoms with Crippen LogP contribution in [0.25, 0.3) is 0 Å². The Kier molecular flexibility index (Phi) is 9.75. The lowest BCUT2D eigenvalue weighted by atomic mass is 9.45. The van der Waals surface area contributed by atoms with E-state index in [-0.39, 0.29) is 5.97 Å². The molecule has 0 N–H and O–H groups in total. The highest BCUT2D eigenvalue weighted by molar-refractivity contribution is 5.68. The Morgan fingerprint density at radius 3 is 2.23 bits per heavy atom. The Labute approximate surface area is 188 Å². The molecule has 4 aliphatic rings. The zero-order valence-corrected chi connectivity index (χ0v) is 21.4. The average molecular weight is 421 g/mol. The van der Waals surface area contributed by atoms with Gasteiger partial charge in [-0.2, -0.15) is 0 Å². The van der Waals surface area contributed by atoms with Gasteiger partial charge in [0.05, 0.1) is 7.11 Å². The maximum atomic E-state index is 11.5. The average Bonchev–Trinajstić information content (AvgIpc) is 3.12. The van der Waals surface area contributed by atoms with Crippen LogP contribution in [0.4, 0.5) is 0 Å². The van der Waals surface area contributed by atoms with Gasteiger partial charge in [-0.05, 0) is 105 Å². The first-order chi connectivity index (χ1) is 14.5. The second-order valence-corrected chi connectivity index (χ2v) is 10.7. The minimum absolute atomic E-state index is 0.0306. The molecule has 176 valence electrons. The molecule has 0 saturated heterocycles. The van der Waals surface area contributed by atoms with Crippen LogP contribution < -0.4 is 0 Å². The molecule has 4 fully saturated rings. The van der Waals surface area contributed by atoms with Crippen LogP contribution in [0.15, 0.2) is 0 Å². The fourth-order valence-corrected chi connectivity index (χ4v) is 8.47. The molecule has 0 aliphatic heterocycles. The molecule has 7 atom stereocenters. The third kappa shape index (κ3) is 4.78. The SMILES string of the molecule is CC.CC.COC(=O)CCC[C@H]1CCC2C3CCC4CCCCC4(C)C3CC[C@@]21C. The molecule has 0 bridgehead atoms. The Morgan fingerprint density at radius 1 is 0.833 bits per heavy atom. The Morgan fingerprint density at radius 2 is 1.53 bits per heavy atom. The number of carbonyl (C=O) groups is 1. The van der Waals surface area contributed by atoms with Gasteiger partial charge in [-0.1, -0.05) is 54.4 Å². The zero-order chi connectivity index (χ0) is 22.4. The quantitative estimate of drug-likeness (QED) is 0.426. The van der Waals surface area contributed by atoms with E-state index in [1.165, 1.54) is 77.7 Å². The normalized spacial score (nSPS) is 41.6. The molecule has 30 heavy (non-hydrogen) atoms. The first-order valence-corrected chi connectivity index (χ1v) is 13.6. The molecule has 4 saturated carbocycles. The van der Waals surface area contributed by atoms with Gasteiger partial charge >= 0.3 is 5.97 Å². The topological polar surface area (TPSA) is 26.3 Å². The van der Waals surface area contributed by atoms with E-state index in [9.17, 15) is 4.79 Å². The molecule has 0 radical (unpaired) electrons. The summed E-state index contributed by atoms with van der Waals surface area (Å²) < 4.78 is 4.84. The van der Waals surface area contributed by atoms with Gasteiger partial charge in [-0.15, -0.1) is 0 Å². The summed E-state index contributed by atoms with van der Waals surface area (Å²) in [4.78, 5) is 11.5. The molecular weight excluding hydrogens is 368 g/mol. The lowest BCUT2D eigenvalue weighted by Gasteiger charge is -2.60. The van der Waals surface area contributed by atoms with E-state index in [1.54, 1.807) is 0 Å². The second kappa shape index (κ2) is 11.4. The molecule has 0 aromatic rings. The number of methoxy groups -OCH3 is 1. The van der Waals surface area contributed by atoms with E-state index >= 15 is 0 Å². The number of hydrogen-bond acceptors (Lipinski definition) is 2. The third-order valence-corrected chi connectivity index (χ3v) is 9.94. The smallest absolute Gasteiger partial charge is 0.305 e. The molecule has 5 unspecified atom stereocenters. The Balaban J connectivity index is 0.000000757. The maximum Gasteiger partial charge on any atom is 0.305 e. The van der Waals surface area contributed by atoms with E-state index in [0.717, 1.165) is 36.0 Å². The van der Waals surface area contributed by atoms with Gasteiger partial charge in [-0.3, -0.25) is 4.79 Å². The first-order valence-electron chi connectivity index (χ1n) is 13.6. The fraction of sp³-hybridized carbons (Fsp3) is 0.964. The van der Waals surface area contributed by atoms with Gasteiger partial charge < -0.3 is 4.74 Å². The number of carbonyl (C=O) groups excluding carboxylic acids is 1. The maximum absolute atomic E-state index is 11.5. The molecular formula is C28H52O2. The molecule has 0 aromatic carbocycles. The van der Waals surface area contributed by atoms with Gasteiger partial charge in [0, 0.05) is 6.42 Å². The second-order valence-electron chi connectivity index (χ2n) is 10.7. The highest BCUT2D eigenvalue weighted by Crippen LogP contribution is 2.67. The number of esters is 1. The summed E-state index contributed by atoms with van der Waals surface area (Å²) in [5, 5.41) is 0. The summed E-state index contributed by atoms with van der Waals surface area (Å²) in [6, 6.07) is 0. The van der Waals surface area contributed by atoms with E-state index in [1.807, 2.05) is 27.7 Å². The molecule has 0 aromatic heterocycles. The lowest BCUT2D eigenvalue weighted by Crippen LogP contribution is -2.52. The Hall–Kier alpha value is -0.530. The number of rotatable bonds is 4. The minimum Gasteiger partial charge on any atom is -0.469 e. The standard InChI is InChI=1S/C24H40O2.2C2H6/c1-23-15-5-4-7-17(23)10-12-19-20-13-11-18(8-6-9-22(25)26-3)24(20,2)16-14-21(19)23;2*1-2/h17-21H,4-16H2,1-3H3;2*1-2H3/t17?,18-,19?,20?,21?,23?,24+;;/m0../s1. The fourth-order valence-electron chi connectivity index (χ4n) is 8.47. The van der Waals surface area contributed by atoms with Crippen LogP contribution >= 0.6 is 0 Å². The Bertz CT molecular complexity index is 529. The summed E-state index contributed by atoms with van der Waals surface area (Å²) >= 11 is 0. The van der Waals surface area contributed by atoms with E-state index in [2.05, 4.69) is 13.8 Å². The summed E-state index contributed by atoms with van der Waals surface area (Å²) in [5.74, 6) is 4.81. The van der Waals surface area contributed by atoms with Gasteiger partial charge in [0.15, 0.2) is 0 Å². The molecule has 2 nitrogen and oxygen atoms in total. The van der Waals surface area contributed by atoms with Crippen molar-refractivity contribution in [2.24, 2.45) is 40.4 Å². The number of hydrogen-bond donors (Lipinski definition) is 0. The van der Waals surface area contributed by atoms with Gasteiger partial charge in [0.1, 0.15) is 0 Å². The van der Waals surface area contributed by atoms with Gasteiger partial charge in [-0.25, -0.2) is 0 Å². The van der Waals surface area contributed by atoms with Crippen LogP contribution in [0.2, 0.25) is 0 Å². The first kappa shape index (κ1) is 25.7.